The zero-order valence-electron chi connectivity index (χ0n) is 19.5. The van der Waals surface area contributed by atoms with Crippen molar-refractivity contribution in [2.75, 3.05) is 23.8 Å². The highest BCUT2D eigenvalue weighted by atomic mass is 32.2. The van der Waals surface area contributed by atoms with Gasteiger partial charge in [-0.25, -0.2) is 8.42 Å². The van der Waals surface area contributed by atoms with Crippen LogP contribution in [0.3, 0.4) is 0 Å². The van der Waals surface area contributed by atoms with Crippen molar-refractivity contribution < 1.29 is 22.7 Å². The van der Waals surface area contributed by atoms with Crippen molar-refractivity contribution in [3.8, 4) is 11.5 Å². The van der Waals surface area contributed by atoms with Gasteiger partial charge in [-0.1, -0.05) is 18.2 Å². The molecule has 3 aromatic carbocycles. The number of rotatable bonds is 8. The van der Waals surface area contributed by atoms with Gasteiger partial charge in [0.05, 0.1) is 24.3 Å². The SMILES string of the molecule is CCOc1ccc(S(=O)(=O)Nc2cc(C)c(NC(=O)c3ccccc3)cc2OC)c2cccnc12. The lowest BCUT2D eigenvalue weighted by molar-refractivity contribution is 0.102. The standard InChI is InChI=1S/C26H25N3O5S/c1-4-34-22-12-13-24(19-11-8-14-27-25(19)22)35(31,32)29-21-15-17(2)20(16-23(21)33-3)28-26(30)18-9-6-5-7-10-18/h5-16,29H,4H2,1-3H3,(H,28,30). The molecule has 0 saturated heterocycles. The highest BCUT2D eigenvalue weighted by Gasteiger charge is 2.22. The van der Waals surface area contributed by atoms with E-state index < -0.39 is 10.0 Å². The Balaban J connectivity index is 1.68. The summed E-state index contributed by atoms with van der Waals surface area (Å²) in [5.41, 5.74) is 2.37. The third kappa shape index (κ3) is 5.04. The first-order valence-corrected chi connectivity index (χ1v) is 12.4. The Labute approximate surface area is 204 Å². The van der Waals surface area contributed by atoms with Crippen LogP contribution in [0, 0.1) is 6.92 Å². The zero-order chi connectivity index (χ0) is 25.0. The number of aryl methyl sites for hydroxylation is 1. The average molecular weight is 492 g/mol. The van der Waals surface area contributed by atoms with Crippen LogP contribution < -0.4 is 19.5 Å². The van der Waals surface area contributed by atoms with Crippen molar-refractivity contribution in [3.63, 3.8) is 0 Å². The molecule has 0 unspecified atom stereocenters. The molecule has 8 nitrogen and oxygen atoms in total. The molecule has 0 aliphatic rings. The van der Waals surface area contributed by atoms with Crippen molar-refractivity contribution in [1.29, 1.82) is 0 Å². The van der Waals surface area contributed by atoms with Crippen LogP contribution in [-0.4, -0.2) is 33.0 Å². The highest BCUT2D eigenvalue weighted by molar-refractivity contribution is 7.93. The zero-order valence-corrected chi connectivity index (χ0v) is 20.3. The van der Waals surface area contributed by atoms with Gasteiger partial charge in [-0.3, -0.25) is 14.5 Å². The number of hydrogen-bond acceptors (Lipinski definition) is 6. The van der Waals surface area contributed by atoms with Crippen molar-refractivity contribution >= 4 is 38.2 Å². The van der Waals surface area contributed by atoms with Crippen LogP contribution in [0.15, 0.2) is 77.8 Å². The number of carbonyl (C=O) groups excluding carboxylic acids is 1. The number of benzene rings is 3. The first kappa shape index (κ1) is 24.0. The number of ether oxygens (including phenoxy) is 2. The summed E-state index contributed by atoms with van der Waals surface area (Å²) in [7, 11) is -2.58. The van der Waals surface area contributed by atoms with E-state index >= 15 is 0 Å². The number of amides is 1. The number of anilines is 2. The molecule has 1 heterocycles. The molecule has 0 bridgehead atoms. The van der Waals surface area contributed by atoms with E-state index in [0.717, 1.165) is 0 Å². The first-order valence-electron chi connectivity index (χ1n) is 10.9. The molecule has 1 aromatic heterocycles. The van der Waals surface area contributed by atoms with E-state index in [-0.39, 0.29) is 22.2 Å². The van der Waals surface area contributed by atoms with Gasteiger partial charge in [0, 0.05) is 28.9 Å². The van der Waals surface area contributed by atoms with Gasteiger partial charge >= 0.3 is 0 Å². The number of nitrogens with zero attached hydrogens (tertiary/aromatic N) is 1. The molecule has 0 spiro atoms. The van der Waals surface area contributed by atoms with Gasteiger partial charge in [0.25, 0.3) is 15.9 Å². The summed E-state index contributed by atoms with van der Waals surface area (Å²) in [6.45, 7) is 4.05. The number of hydrogen-bond donors (Lipinski definition) is 2. The number of sulfonamides is 1. The smallest absolute Gasteiger partial charge is 0.262 e. The van der Waals surface area contributed by atoms with Crippen LogP contribution in [0.1, 0.15) is 22.8 Å². The fraction of sp³-hybridized carbons (Fsp3) is 0.154. The van der Waals surface area contributed by atoms with E-state index in [1.54, 1.807) is 67.7 Å². The third-order valence-corrected chi connectivity index (χ3v) is 6.78. The molecular weight excluding hydrogens is 466 g/mol. The molecule has 0 radical (unpaired) electrons. The summed E-state index contributed by atoms with van der Waals surface area (Å²) in [6, 6.07) is 18.5. The Hall–Kier alpha value is -4.11. The van der Waals surface area contributed by atoms with Gasteiger partial charge in [-0.05, 0) is 61.9 Å². The third-order valence-electron chi connectivity index (χ3n) is 5.36. The molecule has 9 heteroatoms. The summed E-state index contributed by atoms with van der Waals surface area (Å²) in [5, 5.41) is 3.29. The van der Waals surface area contributed by atoms with Gasteiger partial charge in [0.2, 0.25) is 0 Å². The van der Waals surface area contributed by atoms with Crippen LogP contribution in [-0.2, 0) is 10.0 Å². The minimum absolute atomic E-state index is 0.0604. The van der Waals surface area contributed by atoms with Gasteiger partial charge < -0.3 is 14.8 Å². The van der Waals surface area contributed by atoms with Crippen LogP contribution >= 0.6 is 0 Å². The van der Waals surface area contributed by atoms with E-state index in [1.165, 1.54) is 13.2 Å². The second kappa shape index (κ2) is 10.0. The maximum absolute atomic E-state index is 13.4. The number of carbonyl (C=O) groups is 1. The number of methoxy groups -OCH3 is 1. The molecule has 180 valence electrons. The topological polar surface area (TPSA) is 107 Å². The fourth-order valence-electron chi connectivity index (χ4n) is 3.68. The molecule has 2 N–H and O–H groups in total. The van der Waals surface area contributed by atoms with Crippen LogP contribution in [0.5, 0.6) is 11.5 Å². The lowest BCUT2D eigenvalue weighted by Gasteiger charge is -2.17. The molecule has 35 heavy (non-hydrogen) atoms. The minimum atomic E-state index is -4.01. The summed E-state index contributed by atoms with van der Waals surface area (Å²) in [5.74, 6) is 0.488. The van der Waals surface area contributed by atoms with Gasteiger partial charge in [0.1, 0.15) is 17.0 Å². The van der Waals surface area contributed by atoms with E-state index in [2.05, 4.69) is 15.0 Å². The Morgan fingerprint density at radius 1 is 0.971 bits per heavy atom. The lowest BCUT2D eigenvalue weighted by atomic mass is 10.1. The predicted molar refractivity (Wildman–Crippen MR) is 136 cm³/mol. The lowest BCUT2D eigenvalue weighted by Crippen LogP contribution is -2.16. The molecule has 1 amide bonds. The van der Waals surface area contributed by atoms with Crippen molar-refractivity contribution in [1.82, 2.24) is 4.98 Å². The number of pyridine rings is 1. The van der Waals surface area contributed by atoms with Crippen LogP contribution in [0.4, 0.5) is 11.4 Å². The Kier molecular flexibility index (Phi) is 6.88. The monoisotopic (exact) mass is 491 g/mol. The summed E-state index contributed by atoms with van der Waals surface area (Å²) < 4.78 is 40.5. The Morgan fingerprint density at radius 3 is 2.46 bits per heavy atom. The minimum Gasteiger partial charge on any atom is -0.494 e. The first-order chi connectivity index (χ1) is 16.8. The van der Waals surface area contributed by atoms with Crippen molar-refractivity contribution in [2.24, 2.45) is 0 Å². The summed E-state index contributed by atoms with van der Waals surface area (Å²) >= 11 is 0. The van der Waals surface area contributed by atoms with E-state index in [9.17, 15) is 13.2 Å². The molecule has 4 rings (SSSR count). The quantitative estimate of drug-likeness (QED) is 0.359. The highest BCUT2D eigenvalue weighted by Crippen LogP contribution is 2.35. The molecule has 0 fully saturated rings. The van der Waals surface area contributed by atoms with Crippen molar-refractivity contribution in [3.05, 3.63) is 84.1 Å². The number of nitrogens with one attached hydrogen (secondary N) is 2. The van der Waals surface area contributed by atoms with Gasteiger partial charge in [0.15, 0.2) is 0 Å². The molecule has 4 aromatic rings. The number of aromatic nitrogens is 1. The van der Waals surface area contributed by atoms with Gasteiger partial charge in [-0.15, -0.1) is 0 Å². The van der Waals surface area contributed by atoms with Crippen LogP contribution in [0.2, 0.25) is 0 Å². The number of fused-ring (bicyclic) bond motifs is 1. The molecule has 0 saturated carbocycles. The van der Waals surface area contributed by atoms with Crippen molar-refractivity contribution in [2.45, 2.75) is 18.7 Å². The molecule has 0 aliphatic carbocycles. The van der Waals surface area contributed by atoms with E-state index in [1.807, 2.05) is 13.0 Å². The maximum Gasteiger partial charge on any atom is 0.262 e. The second-order valence-corrected chi connectivity index (χ2v) is 9.34. The van der Waals surface area contributed by atoms with Crippen LogP contribution in [0.25, 0.3) is 10.9 Å². The maximum atomic E-state index is 13.4. The van der Waals surface area contributed by atoms with E-state index in [4.69, 9.17) is 9.47 Å². The molecule has 0 atom stereocenters. The molecular formula is C26H25N3O5S. The molecule has 0 aliphatic heterocycles. The fourth-order valence-corrected chi connectivity index (χ4v) is 4.94. The average Bonchev–Trinajstić information content (AvgIpc) is 2.86. The van der Waals surface area contributed by atoms with E-state index in [0.29, 0.717) is 40.1 Å². The normalized spacial score (nSPS) is 11.2. The summed E-state index contributed by atoms with van der Waals surface area (Å²) in [6.07, 6.45) is 1.59. The predicted octanol–water partition coefficient (Wildman–Crippen LogP) is 5.00. The Morgan fingerprint density at radius 2 is 1.74 bits per heavy atom. The Bertz CT molecular complexity index is 1490. The largest absolute Gasteiger partial charge is 0.494 e. The second-order valence-electron chi connectivity index (χ2n) is 7.69. The van der Waals surface area contributed by atoms with Gasteiger partial charge in [-0.2, -0.15) is 0 Å². The summed E-state index contributed by atoms with van der Waals surface area (Å²) in [4.78, 5) is 17.0.